The van der Waals surface area contributed by atoms with Crippen LogP contribution in [0.5, 0.6) is 0 Å². The maximum Gasteiger partial charge on any atom is 0.446 e. The number of rotatable bonds is 15. The SMILES string of the molecule is Cc1cc(N)nc(C)c1CNC(=O)c1ccnc(Cc2cnc3c(c2)cc(C)n3COCC[Si](C)(C)C)c1.Cc1cc2cc(Cc3cc(C(=O)NCc4c(C)cc(N)nc4C)ccn3)cnc2[nH]1.O=CC(F)(F)F.[2H]CC. The Morgan fingerprint density at radius 1 is 0.750 bits per heavy atom. The number of pyridine rings is 6. The first-order valence-corrected chi connectivity index (χ1v) is 28.3. The molecule has 8 aromatic rings. The van der Waals surface area contributed by atoms with Crippen molar-refractivity contribution in [3.05, 3.63) is 164 Å². The molecule has 8 aromatic heterocycles. The molecule has 0 aliphatic heterocycles. The predicted octanol–water partition coefficient (Wildman–Crippen LogP) is 10.3. The van der Waals surface area contributed by atoms with E-state index in [1.165, 1.54) is 0 Å². The van der Waals surface area contributed by atoms with Gasteiger partial charge in [0, 0.05) is 123 Å². The Hall–Kier alpha value is -7.84. The molecule has 2 amide bonds. The number of hydrogen-bond acceptors (Lipinski definition) is 12. The highest BCUT2D eigenvalue weighted by Gasteiger charge is 2.25. The van der Waals surface area contributed by atoms with Gasteiger partial charge in [-0.15, -0.1) is 0 Å². The van der Waals surface area contributed by atoms with Crippen molar-refractivity contribution in [2.75, 3.05) is 18.1 Å². The first-order valence-electron chi connectivity index (χ1n) is 25.3. The Balaban J connectivity index is 0.000000250. The summed E-state index contributed by atoms with van der Waals surface area (Å²) < 4.78 is 45.5. The zero-order valence-corrected chi connectivity index (χ0v) is 45.9. The highest BCUT2D eigenvalue weighted by Crippen LogP contribution is 2.22. The number of aromatic nitrogens is 8. The predicted molar refractivity (Wildman–Crippen MR) is 296 cm³/mol. The molecule has 0 spiro atoms. The van der Waals surface area contributed by atoms with Crippen molar-refractivity contribution >= 4 is 59.9 Å². The van der Waals surface area contributed by atoms with Crippen LogP contribution in [0.4, 0.5) is 24.8 Å². The molecule has 0 saturated carbocycles. The fourth-order valence-corrected chi connectivity index (χ4v) is 8.87. The molecule has 402 valence electrons. The van der Waals surface area contributed by atoms with Gasteiger partial charge in [-0.3, -0.25) is 24.4 Å². The Labute approximate surface area is 444 Å². The van der Waals surface area contributed by atoms with E-state index in [0.717, 1.165) is 102 Å². The molecule has 0 aliphatic carbocycles. The lowest BCUT2D eigenvalue weighted by molar-refractivity contribution is -0.156. The Kier molecular flexibility index (Phi) is 20.1. The number of aldehydes is 1. The number of ether oxygens (including phenoxy) is 1. The van der Waals surface area contributed by atoms with E-state index < -0.39 is 20.5 Å². The van der Waals surface area contributed by atoms with Crippen LogP contribution < -0.4 is 22.1 Å². The number of nitrogens with one attached hydrogen (secondary N) is 3. The number of fused-ring (bicyclic) bond motifs is 2. The summed E-state index contributed by atoms with van der Waals surface area (Å²) in [6.45, 7) is 23.3. The maximum atomic E-state index is 12.9. The lowest BCUT2D eigenvalue weighted by atomic mass is 10.1. The molecule has 0 atom stereocenters. The Bertz CT molecular complexity index is 3270. The lowest BCUT2D eigenvalue weighted by Crippen LogP contribution is -2.24. The van der Waals surface area contributed by atoms with E-state index in [1.54, 1.807) is 31.5 Å². The average Bonchev–Trinajstić information content (AvgIpc) is 3.88. The number of aryl methyl sites for hydroxylation is 6. The molecule has 0 aromatic carbocycles. The van der Waals surface area contributed by atoms with E-state index in [4.69, 9.17) is 27.4 Å². The number of aromatic amines is 1. The third kappa shape index (κ3) is 17.4. The molecular formula is C56H69F3N12O4Si. The second-order valence-corrected chi connectivity index (χ2v) is 25.0. The molecule has 0 bridgehead atoms. The summed E-state index contributed by atoms with van der Waals surface area (Å²) in [5.41, 5.74) is 26.1. The van der Waals surface area contributed by atoms with Crippen molar-refractivity contribution in [1.82, 2.24) is 50.1 Å². The molecule has 0 unspecified atom stereocenters. The zero-order valence-electron chi connectivity index (χ0n) is 45.9. The second-order valence-electron chi connectivity index (χ2n) is 19.4. The molecule has 8 rings (SSSR count). The third-order valence-corrected chi connectivity index (χ3v) is 13.6. The van der Waals surface area contributed by atoms with E-state index in [1.807, 2.05) is 71.3 Å². The van der Waals surface area contributed by atoms with Crippen LogP contribution in [0.3, 0.4) is 0 Å². The summed E-state index contributed by atoms with van der Waals surface area (Å²) in [5.74, 6) is 0.671. The van der Waals surface area contributed by atoms with Crippen molar-refractivity contribution in [3.63, 3.8) is 0 Å². The van der Waals surface area contributed by atoms with Gasteiger partial charge in [0.25, 0.3) is 11.8 Å². The van der Waals surface area contributed by atoms with Crippen LogP contribution >= 0.6 is 0 Å². The standard InChI is InChI=1S/C29H38N6O2Si.C23H24N6O.C2HF3O.C2H6/c1-19-11-27(30)34-21(3)26(19)17-33-29(36)23-7-8-31-25(15-23)14-22-13-24-12-20(2)35(28(24)32-16-22)18-37-9-10-38(4,5)6;1-13-6-21(24)29-15(3)20(13)12-27-23(30)17-4-5-25-19(10-17)9-16-8-18-7-14(2)28-22(18)26-11-16;3-2(4,5)1-6;1-2/h7-8,11-13,15-16H,9-10,14,17-18H2,1-6H3,(H2,30,34)(H,33,36);4-8,10-11H,9,12H2,1-3H3,(H2,24,29)(H,26,28)(H,27,30);1H;1-2H3/i;;;1D. The molecule has 0 saturated heterocycles. The summed E-state index contributed by atoms with van der Waals surface area (Å²) in [6.07, 6.45) is 2.55. The van der Waals surface area contributed by atoms with Gasteiger partial charge < -0.3 is 36.4 Å². The summed E-state index contributed by atoms with van der Waals surface area (Å²) >= 11 is 0. The molecule has 20 heteroatoms. The van der Waals surface area contributed by atoms with Crippen LogP contribution in [0.1, 0.15) is 103 Å². The van der Waals surface area contributed by atoms with E-state index in [2.05, 4.69) is 95.9 Å². The highest BCUT2D eigenvalue weighted by atomic mass is 28.3. The monoisotopic (exact) mass is 1060 g/mol. The van der Waals surface area contributed by atoms with Gasteiger partial charge in [-0.1, -0.05) is 33.5 Å². The van der Waals surface area contributed by atoms with Crippen molar-refractivity contribution in [2.24, 2.45) is 0 Å². The molecule has 8 heterocycles. The van der Waals surface area contributed by atoms with Crippen molar-refractivity contribution < 1.29 is 33.7 Å². The molecule has 0 aliphatic rings. The number of hydrogen-bond donors (Lipinski definition) is 5. The third-order valence-electron chi connectivity index (χ3n) is 11.9. The molecule has 16 nitrogen and oxygen atoms in total. The second kappa shape index (κ2) is 26.6. The summed E-state index contributed by atoms with van der Waals surface area (Å²) in [4.78, 5) is 64.2. The largest absolute Gasteiger partial charge is 0.446 e. The van der Waals surface area contributed by atoms with Crippen LogP contribution in [-0.4, -0.2) is 78.4 Å². The number of nitrogen functional groups attached to an aromatic ring is 2. The topological polar surface area (TPSA) is 235 Å². The number of halogens is 3. The summed E-state index contributed by atoms with van der Waals surface area (Å²) in [5, 5.41) is 8.11. The number of carbonyl (C=O) groups is 3. The molecule has 0 fully saturated rings. The fourth-order valence-electron chi connectivity index (χ4n) is 8.11. The van der Waals surface area contributed by atoms with Gasteiger partial charge in [0.15, 0.2) is 0 Å². The van der Waals surface area contributed by atoms with E-state index in [9.17, 15) is 22.8 Å². The van der Waals surface area contributed by atoms with Crippen molar-refractivity contribution in [2.45, 2.75) is 120 Å². The average molecular weight is 1060 g/mol. The van der Waals surface area contributed by atoms with Gasteiger partial charge >= 0.3 is 6.18 Å². The van der Waals surface area contributed by atoms with Gasteiger partial charge in [0.05, 0.1) is 0 Å². The zero-order chi connectivity index (χ0) is 56.6. The minimum atomic E-state index is -4.64. The van der Waals surface area contributed by atoms with Crippen LogP contribution in [0.25, 0.3) is 22.1 Å². The van der Waals surface area contributed by atoms with E-state index in [0.29, 0.717) is 62.3 Å². The molecular weight excluding hydrogens is 990 g/mol. The fraction of sp³-hybridized carbons (Fsp3) is 0.339. The number of nitrogens with two attached hydrogens (primary N) is 2. The van der Waals surface area contributed by atoms with Crippen LogP contribution in [0, 0.1) is 41.5 Å². The van der Waals surface area contributed by atoms with Crippen LogP contribution in [-0.2, 0) is 42.2 Å². The minimum absolute atomic E-state index is 0.149. The van der Waals surface area contributed by atoms with Gasteiger partial charge in [0.2, 0.25) is 6.29 Å². The minimum Gasteiger partial charge on any atom is -0.384 e. The van der Waals surface area contributed by atoms with E-state index >= 15 is 0 Å². The van der Waals surface area contributed by atoms with Gasteiger partial charge in [-0.25, -0.2) is 19.9 Å². The molecule has 7 N–H and O–H groups in total. The highest BCUT2D eigenvalue weighted by molar-refractivity contribution is 6.76. The number of nitrogens with zero attached hydrogens (tertiary/aromatic N) is 7. The van der Waals surface area contributed by atoms with Crippen LogP contribution in [0.15, 0.2) is 85.5 Å². The quantitative estimate of drug-likeness (QED) is 0.0366. The number of carbonyl (C=O) groups excluding carboxylic acids is 3. The maximum absolute atomic E-state index is 12.9. The number of alkyl halides is 3. The Morgan fingerprint density at radius 2 is 1.24 bits per heavy atom. The molecule has 0 radical (unpaired) electrons. The van der Waals surface area contributed by atoms with E-state index in [-0.39, 0.29) is 11.8 Å². The number of anilines is 2. The van der Waals surface area contributed by atoms with Gasteiger partial charge in [-0.05, 0) is 142 Å². The lowest BCUT2D eigenvalue weighted by Gasteiger charge is -2.16. The number of H-pyrrole nitrogens is 1. The van der Waals surface area contributed by atoms with Crippen LogP contribution in [0.2, 0.25) is 25.7 Å². The van der Waals surface area contributed by atoms with Crippen molar-refractivity contribution in [1.29, 1.82) is 0 Å². The smallest absolute Gasteiger partial charge is 0.384 e. The Morgan fingerprint density at radius 3 is 1.71 bits per heavy atom. The van der Waals surface area contributed by atoms with Gasteiger partial charge in [0.1, 0.15) is 29.7 Å². The van der Waals surface area contributed by atoms with Gasteiger partial charge in [-0.2, -0.15) is 13.2 Å². The summed E-state index contributed by atoms with van der Waals surface area (Å²) in [6, 6.07) is 20.3. The van der Waals surface area contributed by atoms with Crippen molar-refractivity contribution in [3.8, 4) is 0 Å². The normalized spacial score (nSPS) is 11.4. The number of amides is 2. The first-order chi connectivity index (χ1) is 36.4. The molecule has 76 heavy (non-hydrogen) atoms. The first kappa shape index (κ1) is 57.4. The summed E-state index contributed by atoms with van der Waals surface area (Å²) in [7, 11) is -1.12.